The Bertz CT molecular complexity index is 270. The van der Waals surface area contributed by atoms with Crippen molar-refractivity contribution in [3.8, 4) is 0 Å². The van der Waals surface area contributed by atoms with Gasteiger partial charge in [0.15, 0.2) is 0 Å². The highest BCUT2D eigenvalue weighted by Crippen LogP contribution is 2.15. The number of aryl methyl sites for hydroxylation is 1. The first kappa shape index (κ1) is 10.1. The standard InChI is InChI=1S/C9H17N3O/c1-7-6-12(9(10)11-7)8(2)4-5-13-3/h6,8H,4-5H2,1-3H3,(H2,10,11). The minimum Gasteiger partial charge on any atom is -0.385 e. The molecule has 1 atom stereocenters. The van der Waals surface area contributed by atoms with E-state index >= 15 is 0 Å². The van der Waals surface area contributed by atoms with Crippen LogP contribution >= 0.6 is 0 Å². The predicted molar refractivity (Wildman–Crippen MR) is 52.6 cm³/mol. The number of rotatable bonds is 4. The van der Waals surface area contributed by atoms with Gasteiger partial charge < -0.3 is 15.0 Å². The Hall–Kier alpha value is -1.03. The molecule has 74 valence electrons. The van der Waals surface area contributed by atoms with Crippen molar-refractivity contribution >= 4 is 5.95 Å². The second-order valence-electron chi connectivity index (χ2n) is 3.28. The molecule has 4 nitrogen and oxygen atoms in total. The van der Waals surface area contributed by atoms with E-state index in [2.05, 4.69) is 11.9 Å². The van der Waals surface area contributed by atoms with Gasteiger partial charge in [0.25, 0.3) is 0 Å². The number of nitrogens with zero attached hydrogens (tertiary/aromatic N) is 2. The number of aromatic nitrogens is 2. The van der Waals surface area contributed by atoms with Crippen molar-refractivity contribution in [2.75, 3.05) is 19.5 Å². The lowest BCUT2D eigenvalue weighted by Gasteiger charge is -2.13. The van der Waals surface area contributed by atoms with Crippen molar-refractivity contribution in [1.82, 2.24) is 9.55 Å². The van der Waals surface area contributed by atoms with Crippen LogP contribution in [-0.4, -0.2) is 23.3 Å². The summed E-state index contributed by atoms with van der Waals surface area (Å²) in [4.78, 5) is 4.14. The van der Waals surface area contributed by atoms with Crippen LogP contribution in [0.4, 0.5) is 5.95 Å². The van der Waals surface area contributed by atoms with Gasteiger partial charge in [-0.3, -0.25) is 0 Å². The number of anilines is 1. The van der Waals surface area contributed by atoms with E-state index in [0.717, 1.165) is 18.7 Å². The Morgan fingerprint density at radius 1 is 1.69 bits per heavy atom. The molecule has 0 fully saturated rings. The molecule has 0 aliphatic carbocycles. The normalized spacial score (nSPS) is 13.2. The lowest BCUT2D eigenvalue weighted by Crippen LogP contribution is -2.09. The Labute approximate surface area is 78.7 Å². The van der Waals surface area contributed by atoms with Crippen molar-refractivity contribution in [3.63, 3.8) is 0 Å². The fourth-order valence-corrected chi connectivity index (χ4v) is 1.32. The fraction of sp³-hybridized carbons (Fsp3) is 0.667. The van der Waals surface area contributed by atoms with Crippen LogP contribution in [0.25, 0.3) is 0 Å². The molecule has 0 aliphatic rings. The summed E-state index contributed by atoms with van der Waals surface area (Å²) < 4.78 is 6.99. The van der Waals surface area contributed by atoms with Gasteiger partial charge in [-0.25, -0.2) is 4.98 Å². The summed E-state index contributed by atoms with van der Waals surface area (Å²) in [5, 5.41) is 0. The number of methoxy groups -OCH3 is 1. The maximum absolute atomic E-state index is 5.73. The van der Waals surface area contributed by atoms with Gasteiger partial charge in [-0.2, -0.15) is 0 Å². The zero-order valence-corrected chi connectivity index (χ0v) is 8.45. The third-order valence-corrected chi connectivity index (χ3v) is 2.10. The molecule has 1 aromatic rings. The quantitative estimate of drug-likeness (QED) is 0.767. The maximum atomic E-state index is 5.73. The lowest BCUT2D eigenvalue weighted by molar-refractivity contribution is 0.181. The SMILES string of the molecule is COCCC(C)n1cc(C)nc1N. The van der Waals surface area contributed by atoms with Crippen LogP contribution in [0, 0.1) is 6.92 Å². The van der Waals surface area contributed by atoms with Gasteiger partial charge in [-0.15, -0.1) is 0 Å². The maximum Gasteiger partial charge on any atom is 0.200 e. The molecule has 0 aliphatic heterocycles. The van der Waals surface area contributed by atoms with Crippen molar-refractivity contribution in [1.29, 1.82) is 0 Å². The number of hydrogen-bond donors (Lipinski definition) is 1. The molecular weight excluding hydrogens is 166 g/mol. The average Bonchev–Trinajstić information content (AvgIpc) is 2.41. The van der Waals surface area contributed by atoms with Crippen LogP contribution in [0.2, 0.25) is 0 Å². The number of nitrogens with two attached hydrogens (primary N) is 1. The number of imidazole rings is 1. The van der Waals surface area contributed by atoms with E-state index < -0.39 is 0 Å². The van der Waals surface area contributed by atoms with Gasteiger partial charge >= 0.3 is 0 Å². The zero-order chi connectivity index (χ0) is 9.84. The highest BCUT2D eigenvalue weighted by atomic mass is 16.5. The molecule has 2 N–H and O–H groups in total. The third-order valence-electron chi connectivity index (χ3n) is 2.10. The van der Waals surface area contributed by atoms with Gasteiger partial charge in [0.1, 0.15) is 0 Å². The topological polar surface area (TPSA) is 53.1 Å². The summed E-state index contributed by atoms with van der Waals surface area (Å²) >= 11 is 0. The monoisotopic (exact) mass is 183 g/mol. The molecule has 0 aromatic carbocycles. The molecule has 0 bridgehead atoms. The van der Waals surface area contributed by atoms with Gasteiger partial charge in [-0.1, -0.05) is 0 Å². The predicted octanol–water partition coefficient (Wildman–Crippen LogP) is 1.37. The lowest BCUT2D eigenvalue weighted by atomic mass is 10.2. The van der Waals surface area contributed by atoms with E-state index in [1.54, 1.807) is 7.11 Å². The van der Waals surface area contributed by atoms with E-state index in [0.29, 0.717) is 12.0 Å². The molecule has 0 amide bonds. The van der Waals surface area contributed by atoms with Crippen LogP contribution in [-0.2, 0) is 4.74 Å². The van der Waals surface area contributed by atoms with Crippen LogP contribution in [0.3, 0.4) is 0 Å². The highest BCUT2D eigenvalue weighted by Gasteiger charge is 2.08. The van der Waals surface area contributed by atoms with Crippen molar-refractivity contribution in [2.45, 2.75) is 26.3 Å². The molecule has 1 heterocycles. The molecule has 0 spiro atoms. The third kappa shape index (κ3) is 2.45. The Morgan fingerprint density at radius 3 is 2.85 bits per heavy atom. The molecule has 0 saturated heterocycles. The number of nitrogen functional groups attached to an aromatic ring is 1. The zero-order valence-electron chi connectivity index (χ0n) is 8.45. The first-order chi connectivity index (χ1) is 6.15. The van der Waals surface area contributed by atoms with E-state index in [9.17, 15) is 0 Å². The molecular formula is C9H17N3O. The summed E-state index contributed by atoms with van der Waals surface area (Å²) in [7, 11) is 1.70. The van der Waals surface area contributed by atoms with E-state index in [4.69, 9.17) is 10.5 Å². The van der Waals surface area contributed by atoms with E-state index in [1.807, 2.05) is 17.7 Å². The van der Waals surface area contributed by atoms with Crippen molar-refractivity contribution in [2.24, 2.45) is 0 Å². The minimum atomic E-state index is 0.348. The second-order valence-corrected chi connectivity index (χ2v) is 3.28. The number of hydrogen-bond acceptors (Lipinski definition) is 3. The molecule has 1 aromatic heterocycles. The second kappa shape index (κ2) is 4.28. The molecule has 0 radical (unpaired) electrons. The first-order valence-corrected chi connectivity index (χ1v) is 4.45. The van der Waals surface area contributed by atoms with Gasteiger partial charge in [-0.05, 0) is 20.3 Å². The average molecular weight is 183 g/mol. The smallest absolute Gasteiger partial charge is 0.200 e. The Kier molecular flexibility index (Phi) is 3.31. The largest absolute Gasteiger partial charge is 0.385 e. The highest BCUT2D eigenvalue weighted by molar-refractivity contribution is 5.22. The van der Waals surface area contributed by atoms with E-state index in [-0.39, 0.29) is 0 Å². The van der Waals surface area contributed by atoms with Crippen LogP contribution < -0.4 is 5.73 Å². The summed E-state index contributed by atoms with van der Waals surface area (Å²) in [6.45, 7) is 4.80. The van der Waals surface area contributed by atoms with Gasteiger partial charge in [0.2, 0.25) is 5.95 Å². The van der Waals surface area contributed by atoms with Gasteiger partial charge in [0, 0.05) is 26.0 Å². The van der Waals surface area contributed by atoms with Crippen LogP contribution in [0.15, 0.2) is 6.20 Å². The summed E-state index contributed by atoms with van der Waals surface area (Å²) in [6.07, 6.45) is 2.92. The number of ether oxygens (including phenoxy) is 1. The van der Waals surface area contributed by atoms with Gasteiger partial charge in [0.05, 0.1) is 5.69 Å². The summed E-state index contributed by atoms with van der Waals surface area (Å²) in [5.41, 5.74) is 6.69. The molecule has 1 rings (SSSR count). The van der Waals surface area contributed by atoms with Crippen molar-refractivity contribution in [3.05, 3.63) is 11.9 Å². The van der Waals surface area contributed by atoms with Crippen LogP contribution in [0.1, 0.15) is 25.1 Å². The molecule has 1 unspecified atom stereocenters. The first-order valence-electron chi connectivity index (χ1n) is 4.45. The summed E-state index contributed by atoms with van der Waals surface area (Å²) in [6, 6.07) is 0.348. The molecule has 0 saturated carbocycles. The Morgan fingerprint density at radius 2 is 2.38 bits per heavy atom. The summed E-state index contributed by atoms with van der Waals surface area (Å²) in [5.74, 6) is 0.584. The fourth-order valence-electron chi connectivity index (χ4n) is 1.32. The molecule has 4 heteroatoms. The molecule has 13 heavy (non-hydrogen) atoms. The van der Waals surface area contributed by atoms with Crippen molar-refractivity contribution < 1.29 is 4.74 Å². The minimum absolute atomic E-state index is 0.348. The van der Waals surface area contributed by atoms with E-state index in [1.165, 1.54) is 0 Å². The Balaban J connectivity index is 2.64. The van der Waals surface area contributed by atoms with Crippen LogP contribution in [0.5, 0.6) is 0 Å².